The molecule has 4 aromatic rings. The van der Waals surface area contributed by atoms with E-state index in [0.29, 0.717) is 17.5 Å². The summed E-state index contributed by atoms with van der Waals surface area (Å²) in [6, 6.07) is 19.8. The molecule has 0 unspecified atom stereocenters. The number of aromatic nitrogens is 2. The van der Waals surface area contributed by atoms with Crippen LogP contribution in [0.5, 0.6) is 0 Å². The van der Waals surface area contributed by atoms with Gasteiger partial charge in [-0.3, -0.25) is 0 Å². The summed E-state index contributed by atoms with van der Waals surface area (Å²) >= 11 is -0.633. The topological polar surface area (TPSA) is 63.2 Å². The number of ketones is 2. The van der Waals surface area contributed by atoms with Crippen LogP contribution in [0.3, 0.4) is 0 Å². The Balaban J connectivity index is 1.10. The predicted molar refractivity (Wildman–Crippen MR) is 149 cm³/mol. The van der Waals surface area contributed by atoms with Gasteiger partial charge < -0.3 is 0 Å². The second kappa shape index (κ2) is 8.19. The van der Waals surface area contributed by atoms with Gasteiger partial charge in [-0.25, -0.2) is 0 Å². The molecule has 0 spiro atoms. The average molecular weight is 605 g/mol. The molecule has 0 N–H and O–H groups in total. The standard InChI is InChI=1S/C32H19N3O2Te/c36-29-24-10-9-19-5-1-2-6-23(19)28(24)30(37)25(29)15-18-13-20-16-22(17-21(20)14-18)35-26-7-3-11-33-31(26)38-32-27(35)8-4-12-34-32/h1-13,15,17H,14,16H2/b25-15+. The van der Waals surface area contributed by atoms with E-state index in [1.807, 2.05) is 60.9 Å². The molecule has 0 amide bonds. The Morgan fingerprint density at radius 2 is 1.50 bits per heavy atom. The molecule has 0 saturated heterocycles. The van der Waals surface area contributed by atoms with Crippen LogP contribution in [-0.2, 0) is 0 Å². The van der Waals surface area contributed by atoms with Crippen molar-refractivity contribution in [1.82, 2.24) is 9.97 Å². The first-order chi connectivity index (χ1) is 18.7. The number of nitrogens with zero attached hydrogens (tertiary/aromatic N) is 3. The maximum atomic E-state index is 13.4. The minimum Gasteiger partial charge on any atom is -0.0616 e. The van der Waals surface area contributed by atoms with Gasteiger partial charge in [0.05, 0.1) is 0 Å². The second-order valence-electron chi connectivity index (χ2n) is 9.78. The number of rotatable bonds is 2. The summed E-state index contributed by atoms with van der Waals surface area (Å²) in [6.45, 7) is 0. The van der Waals surface area contributed by atoms with Crippen LogP contribution in [0.15, 0.2) is 119 Å². The summed E-state index contributed by atoms with van der Waals surface area (Å²) in [7, 11) is 0. The van der Waals surface area contributed by atoms with Gasteiger partial charge in [-0.2, -0.15) is 0 Å². The first-order valence-electron chi connectivity index (χ1n) is 12.5. The van der Waals surface area contributed by atoms with Crippen molar-refractivity contribution in [2.24, 2.45) is 0 Å². The molecule has 0 bridgehead atoms. The van der Waals surface area contributed by atoms with Gasteiger partial charge in [0.2, 0.25) is 0 Å². The molecule has 0 atom stereocenters. The predicted octanol–water partition coefficient (Wildman–Crippen LogP) is 4.66. The molecule has 4 aliphatic rings. The van der Waals surface area contributed by atoms with E-state index in [1.54, 1.807) is 6.07 Å². The molecule has 0 radical (unpaired) electrons. The number of carbonyl (C=O) groups excluding carboxylic acids is 2. The maximum absolute atomic E-state index is 13.4. The van der Waals surface area contributed by atoms with Crippen LogP contribution >= 0.6 is 0 Å². The van der Waals surface area contributed by atoms with Gasteiger partial charge in [0.25, 0.3) is 0 Å². The van der Waals surface area contributed by atoms with Gasteiger partial charge in [0.1, 0.15) is 0 Å². The van der Waals surface area contributed by atoms with E-state index in [9.17, 15) is 9.59 Å². The van der Waals surface area contributed by atoms with E-state index in [1.165, 1.54) is 16.8 Å². The summed E-state index contributed by atoms with van der Waals surface area (Å²) in [4.78, 5) is 38.3. The third kappa shape index (κ3) is 3.18. The first-order valence-corrected chi connectivity index (χ1v) is 14.8. The van der Waals surface area contributed by atoms with Crippen molar-refractivity contribution in [2.75, 3.05) is 4.90 Å². The third-order valence-electron chi connectivity index (χ3n) is 7.56. The molecule has 0 fully saturated rings. The molecule has 1 aliphatic heterocycles. The van der Waals surface area contributed by atoms with Gasteiger partial charge in [-0.05, 0) is 16.8 Å². The fraction of sp³-hybridized carbons (Fsp3) is 0.0625. The van der Waals surface area contributed by atoms with Crippen molar-refractivity contribution in [3.8, 4) is 0 Å². The minimum atomic E-state index is -0.633. The number of allylic oxidation sites excluding steroid dienone is 7. The van der Waals surface area contributed by atoms with Crippen LogP contribution < -0.4 is 12.4 Å². The average Bonchev–Trinajstić information content (AvgIpc) is 3.58. The monoisotopic (exact) mass is 607 g/mol. The van der Waals surface area contributed by atoms with E-state index in [4.69, 9.17) is 0 Å². The Labute approximate surface area is 229 Å². The molecule has 2 aromatic carbocycles. The summed E-state index contributed by atoms with van der Waals surface area (Å²) in [5.41, 5.74) is 8.32. The molecular weight excluding hydrogens is 586 g/mol. The molecule has 38 heavy (non-hydrogen) atoms. The fourth-order valence-electron chi connectivity index (χ4n) is 5.89. The van der Waals surface area contributed by atoms with Crippen LogP contribution in [0.1, 0.15) is 33.6 Å². The number of Topliss-reactive ketones (excluding diaryl/α,β-unsaturated/α-hetero) is 2. The van der Waals surface area contributed by atoms with E-state index < -0.39 is 20.9 Å². The van der Waals surface area contributed by atoms with Crippen LogP contribution in [-0.4, -0.2) is 42.5 Å². The van der Waals surface area contributed by atoms with E-state index in [2.05, 4.69) is 39.2 Å². The van der Waals surface area contributed by atoms with Crippen LogP contribution in [0.2, 0.25) is 0 Å². The molecule has 5 nitrogen and oxygen atoms in total. The number of carbonyl (C=O) groups is 2. The molecule has 0 saturated carbocycles. The number of fused-ring (bicyclic) bond motifs is 5. The minimum absolute atomic E-state index is 0.170. The molecule has 180 valence electrons. The Kier molecular flexibility index (Phi) is 4.73. The van der Waals surface area contributed by atoms with Crippen molar-refractivity contribution in [1.29, 1.82) is 0 Å². The fourth-order valence-corrected chi connectivity index (χ4v) is 8.57. The third-order valence-corrected chi connectivity index (χ3v) is 10.5. The van der Waals surface area contributed by atoms with Gasteiger partial charge in [-0.15, -0.1) is 0 Å². The Bertz CT molecular complexity index is 1850. The van der Waals surface area contributed by atoms with Crippen molar-refractivity contribution in [3.63, 3.8) is 0 Å². The van der Waals surface area contributed by atoms with E-state index in [-0.39, 0.29) is 17.1 Å². The molecule has 3 aliphatic carbocycles. The zero-order chi connectivity index (χ0) is 25.4. The van der Waals surface area contributed by atoms with Crippen molar-refractivity contribution >= 4 is 62.1 Å². The van der Waals surface area contributed by atoms with Gasteiger partial charge >= 0.3 is 183 Å². The molecule has 2 aromatic heterocycles. The summed E-state index contributed by atoms with van der Waals surface area (Å²) < 4.78 is 2.31. The van der Waals surface area contributed by atoms with Gasteiger partial charge in [0.15, 0.2) is 0 Å². The van der Waals surface area contributed by atoms with Crippen molar-refractivity contribution in [2.45, 2.75) is 12.8 Å². The second-order valence-corrected chi connectivity index (χ2v) is 12.6. The number of benzene rings is 2. The normalized spacial score (nSPS) is 18.5. The van der Waals surface area contributed by atoms with Gasteiger partial charge in [0, 0.05) is 0 Å². The number of hydrogen-bond donors (Lipinski definition) is 0. The van der Waals surface area contributed by atoms with Crippen molar-refractivity contribution < 1.29 is 9.59 Å². The zero-order valence-electron chi connectivity index (χ0n) is 20.1. The van der Waals surface area contributed by atoms with Crippen LogP contribution in [0.4, 0.5) is 11.4 Å². The molecular formula is C32H19N3O2Te. The van der Waals surface area contributed by atoms with Crippen LogP contribution in [0, 0.1) is 0 Å². The Hall–Kier alpha value is -4.11. The van der Waals surface area contributed by atoms with E-state index in [0.717, 1.165) is 41.6 Å². The molecule has 6 heteroatoms. The van der Waals surface area contributed by atoms with Crippen LogP contribution in [0.25, 0.3) is 10.8 Å². The Morgan fingerprint density at radius 1 is 0.763 bits per heavy atom. The number of hydrogen-bond acceptors (Lipinski definition) is 5. The Morgan fingerprint density at radius 3 is 2.26 bits per heavy atom. The zero-order valence-corrected chi connectivity index (χ0v) is 22.5. The van der Waals surface area contributed by atoms with Gasteiger partial charge in [-0.1, -0.05) is 30.3 Å². The van der Waals surface area contributed by atoms with E-state index >= 15 is 0 Å². The summed E-state index contributed by atoms with van der Waals surface area (Å²) in [5.74, 6) is -0.346. The molecule has 3 heterocycles. The SMILES string of the molecule is O=C1/C(=C\C2=CC3=C(C=C(N4c5cccnc5[Te]c5ncccc54)C3)C2)C(=O)c2c1ccc1ccccc21. The number of anilines is 2. The quantitative estimate of drug-likeness (QED) is 0.189. The summed E-state index contributed by atoms with van der Waals surface area (Å²) in [6.07, 6.45) is 11.5. The number of pyridine rings is 2. The van der Waals surface area contributed by atoms with Crippen molar-refractivity contribution in [3.05, 3.63) is 130 Å². The molecule has 8 rings (SSSR count). The smallest absolute Gasteiger partial charge is 0.0616 e. The first kappa shape index (κ1) is 21.9. The summed E-state index contributed by atoms with van der Waals surface area (Å²) in [5, 5.41) is 1.81.